The molecule has 0 atom stereocenters. The Morgan fingerprint density at radius 3 is 1.10 bits per heavy atom. The molecule has 0 N–H and O–H groups in total. The molecule has 0 fully saturated rings. The summed E-state index contributed by atoms with van der Waals surface area (Å²) in [6.45, 7) is 3.30. The largest absolute Gasteiger partial charge is 0.454 e. The van der Waals surface area contributed by atoms with Crippen LogP contribution in [0.3, 0.4) is 0 Å². The zero-order chi connectivity index (χ0) is 53.5. The standard InChI is InChI=1S/C66H40F6N4O2/c1-37-27-45(31-47(29-37)65(67,68)69)43-15-19-57(75-35-43)53-9-5-3-7-49(53)41-17-21-59-55(33-41)61-63(77-59)51(23-25-73-61)39-11-13-40(14-12-39)52-24-26-74-62-56-34-42(18-22-60(56)78-64(52)62)50-8-4-6-10-54(50)58-20-16-44(36-76-58)46-28-38(2)30-48(32-46)66(70,71)72/h3-36H,1-2H3. The summed E-state index contributed by atoms with van der Waals surface area (Å²) in [6, 6.07) is 55.2. The van der Waals surface area contributed by atoms with Crippen molar-refractivity contribution in [3.05, 3.63) is 229 Å². The van der Waals surface area contributed by atoms with Gasteiger partial charge in [-0.2, -0.15) is 26.3 Å². The number of pyridine rings is 4. The fourth-order valence-electron chi connectivity index (χ4n) is 10.5. The minimum Gasteiger partial charge on any atom is -0.454 e. The van der Waals surface area contributed by atoms with Crippen LogP contribution < -0.4 is 0 Å². The topological polar surface area (TPSA) is 77.8 Å². The molecular formula is C66H40F6N4O2. The number of hydrogen-bond acceptors (Lipinski definition) is 6. The highest BCUT2D eigenvalue weighted by atomic mass is 19.4. The van der Waals surface area contributed by atoms with E-state index in [1.807, 2.05) is 97.1 Å². The van der Waals surface area contributed by atoms with Gasteiger partial charge in [0, 0.05) is 68.9 Å². The Labute approximate surface area is 442 Å². The van der Waals surface area contributed by atoms with Crippen molar-refractivity contribution in [1.82, 2.24) is 19.9 Å². The number of halogens is 6. The Hall–Kier alpha value is -9.68. The van der Waals surface area contributed by atoms with Crippen LogP contribution in [0.1, 0.15) is 22.3 Å². The number of alkyl halides is 6. The van der Waals surface area contributed by atoms with Crippen molar-refractivity contribution < 1.29 is 35.2 Å². The highest BCUT2D eigenvalue weighted by Gasteiger charge is 2.32. The van der Waals surface area contributed by atoms with Gasteiger partial charge in [0.1, 0.15) is 22.2 Å². The second kappa shape index (κ2) is 18.6. The van der Waals surface area contributed by atoms with E-state index in [1.54, 1.807) is 62.9 Å². The first-order valence-corrected chi connectivity index (χ1v) is 24.9. The number of benzene rings is 7. The number of rotatable bonds is 8. The van der Waals surface area contributed by atoms with Crippen LogP contribution in [0.4, 0.5) is 26.3 Å². The molecule has 0 spiro atoms. The third kappa shape index (κ3) is 8.70. The lowest BCUT2D eigenvalue weighted by molar-refractivity contribution is -0.138. The van der Waals surface area contributed by atoms with Crippen molar-refractivity contribution in [2.75, 3.05) is 0 Å². The molecule has 0 aliphatic heterocycles. The molecule has 13 rings (SSSR count). The van der Waals surface area contributed by atoms with Crippen LogP contribution in [0.15, 0.2) is 216 Å². The van der Waals surface area contributed by atoms with E-state index in [2.05, 4.69) is 36.4 Å². The fourth-order valence-corrected chi connectivity index (χ4v) is 10.5. The monoisotopic (exact) mass is 1030 g/mol. The first kappa shape index (κ1) is 48.0. The first-order valence-electron chi connectivity index (χ1n) is 24.9. The van der Waals surface area contributed by atoms with Gasteiger partial charge in [-0.3, -0.25) is 19.9 Å². The molecule has 78 heavy (non-hydrogen) atoms. The summed E-state index contributed by atoms with van der Waals surface area (Å²) >= 11 is 0. The predicted molar refractivity (Wildman–Crippen MR) is 295 cm³/mol. The van der Waals surface area contributed by atoms with Crippen molar-refractivity contribution in [2.45, 2.75) is 26.2 Å². The highest BCUT2D eigenvalue weighted by molar-refractivity contribution is 6.10. The van der Waals surface area contributed by atoms with Crippen molar-refractivity contribution >= 4 is 44.1 Å². The summed E-state index contributed by atoms with van der Waals surface area (Å²) in [5.74, 6) is 0. The Balaban J connectivity index is 0.782. The van der Waals surface area contributed by atoms with E-state index in [0.29, 0.717) is 78.1 Å². The van der Waals surface area contributed by atoms with Gasteiger partial charge in [0.2, 0.25) is 0 Å². The normalized spacial score (nSPS) is 12.1. The minimum atomic E-state index is -4.46. The van der Waals surface area contributed by atoms with Crippen LogP contribution >= 0.6 is 0 Å². The third-order valence-electron chi connectivity index (χ3n) is 14.2. The van der Waals surface area contributed by atoms with Crippen molar-refractivity contribution in [3.63, 3.8) is 0 Å². The first-order chi connectivity index (χ1) is 37.7. The average Bonchev–Trinajstić information content (AvgIpc) is 4.20. The maximum Gasteiger partial charge on any atom is 0.416 e. The number of aryl methyl sites for hydroxylation is 2. The Kier molecular flexibility index (Phi) is 11.4. The van der Waals surface area contributed by atoms with E-state index in [1.165, 1.54) is 0 Å². The summed E-state index contributed by atoms with van der Waals surface area (Å²) in [4.78, 5) is 19.1. The predicted octanol–water partition coefficient (Wildman–Crippen LogP) is 19.1. The summed E-state index contributed by atoms with van der Waals surface area (Å²) in [5.41, 5.74) is 16.1. The molecule has 13 aromatic rings. The third-order valence-corrected chi connectivity index (χ3v) is 14.2. The van der Waals surface area contributed by atoms with Crippen LogP contribution in [0, 0.1) is 13.8 Å². The molecule has 0 radical (unpaired) electrons. The smallest absolute Gasteiger partial charge is 0.416 e. The van der Waals surface area contributed by atoms with E-state index >= 15 is 0 Å². The molecule has 0 aliphatic carbocycles. The van der Waals surface area contributed by atoms with Gasteiger partial charge in [0.05, 0.1) is 22.5 Å². The molecule has 6 heterocycles. The lowest BCUT2D eigenvalue weighted by atomic mass is 9.95. The molecule has 7 aromatic carbocycles. The highest BCUT2D eigenvalue weighted by Crippen LogP contribution is 2.43. The van der Waals surface area contributed by atoms with Gasteiger partial charge in [0.15, 0.2) is 11.2 Å². The molecule has 12 heteroatoms. The van der Waals surface area contributed by atoms with E-state index in [0.717, 1.165) is 90.7 Å². The average molecular weight is 1040 g/mol. The molecular weight excluding hydrogens is 995 g/mol. The number of aromatic nitrogens is 4. The summed E-state index contributed by atoms with van der Waals surface area (Å²) in [6.07, 6.45) is -2.12. The van der Waals surface area contributed by atoms with Gasteiger partial charge in [-0.1, -0.05) is 109 Å². The summed E-state index contributed by atoms with van der Waals surface area (Å²) < 4.78 is 94.9. The molecule has 0 saturated heterocycles. The van der Waals surface area contributed by atoms with Gasteiger partial charge in [-0.15, -0.1) is 0 Å². The molecule has 0 saturated carbocycles. The molecule has 6 aromatic heterocycles. The summed E-state index contributed by atoms with van der Waals surface area (Å²) in [5, 5.41) is 1.68. The van der Waals surface area contributed by atoms with Crippen molar-refractivity contribution in [1.29, 1.82) is 0 Å². The zero-order valence-corrected chi connectivity index (χ0v) is 41.5. The van der Waals surface area contributed by atoms with Crippen molar-refractivity contribution in [2.24, 2.45) is 0 Å². The second-order valence-electron chi connectivity index (χ2n) is 19.4. The molecule has 0 aliphatic rings. The van der Waals surface area contributed by atoms with E-state index < -0.39 is 23.5 Å². The van der Waals surface area contributed by atoms with Gasteiger partial charge >= 0.3 is 12.4 Å². The molecule has 0 bridgehead atoms. The van der Waals surface area contributed by atoms with Gasteiger partial charge < -0.3 is 8.83 Å². The fraction of sp³-hybridized carbons (Fsp3) is 0.0606. The molecule has 6 nitrogen and oxygen atoms in total. The van der Waals surface area contributed by atoms with Gasteiger partial charge in [-0.25, -0.2) is 0 Å². The lowest BCUT2D eigenvalue weighted by Crippen LogP contribution is -2.05. The SMILES string of the molecule is Cc1cc(-c2ccc(-c3ccccc3-c3ccc4oc5c(-c6ccc(-c7ccnc8c7oc7ccc(-c9ccccc9-c9ccc(-c%10cc(C)cc(C(F)(F)F)c%10)cn9)cc78)cc6)ccnc5c4c3)nc2)cc(C(F)(F)F)c1. The summed E-state index contributed by atoms with van der Waals surface area (Å²) in [7, 11) is 0. The number of furan rings is 2. The Morgan fingerprint density at radius 1 is 0.333 bits per heavy atom. The molecule has 0 unspecified atom stereocenters. The number of nitrogens with zero attached hydrogens (tertiary/aromatic N) is 4. The lowest BCUT2D eigenvalue weighted by Gasteiger charge is -2.12. The Bertz CT molecular complexity index is 4200. The van der Waals surface area contributed by atoms with E-state index in [9.17, 15) is 26.3 Å². The van der Waals surface area contributed by atoms with Gasteiger partial charge in [0.25, 0.3) is 0 Å². The maximum absolute atomic E-state index is 13.6. The molecule has 378 valence electrons. The maximum atomic E-state index is 13.6. The van der Waals surface area contributed by atoms with E-state index in [4.69, 9.17) is 28.8 Å². The van der Waals surface area contributed by atoms with Crippen LogP contribution in [0.25, 0.3) is 133 Å². The zero-order valence-electron chi connectivity index (χ0n) is 41.5. The van der Waals surface area contributed by atoms with Crippen LogP contribution in [0.2, 0.25) is 0 Å². The van der Waals surface area contributed by atoms with Crippen molar-refractivity contribution in [3.8, 4) is 89.3 Å². The van der Waals surface area contributed by atoms with Crippen LogP contribution in [0.5, 0.6) is 0 Å². The van der Waals surface area contributed by atoms with Crippen LogP contribution in [-0.4, -0.2) is 19.9 Å². The quantitative estimate of drug-likeness (QED) is 0.141. The number of hydrogen-bond donors (Lipinski definition) is 0. The second-order valence-corrected chi connectivity index (χ2v) is 19.4. The number of fused-ring (bicyclic) bond motifs is 6. The molecule has 0 amide bonds. The van der Waals surface area contributed by atoms with Crippen LogP contribution in [-0.2, 0) is 12.4 Å². The van der Waals surface area contributed by atoms with E-state index in [-0.39, 0.29) is 0 Å². The van der Waals surface area contributed by atoms with Gasteiger partial charge in [-0.05, 0) is 142 Å². The Morgan fingerprint density at radius 2 is 0.718 bits per heavy atom. The minimum absolute atomic E-state index is 0.448.